The third-order valence-electron chi connectivity index (χ3n) is 4.27. The van der Waals surface area contributed by atoms with Crippen LogP contribution in [0, 0.1) is 6.92 Å². The van der Waals surface area contributed by atoms with Gasteiger partial charge in [-0.15, -0.1) is 0 Å². The molecule has 0 aliphatic heterocycles. The van der Waals surface area contributed by atoms with Crippen molar-refractivity contribution in [3.63, 3.8) is 0 Å². The minimum Gasteiger partial charge on any atom is -0.493 e. The zero-order valence-corrected chi connectivity index (χ0v) is 15.9. The molecule has 1 heterocycles. The molecule has 0 unspecified atom stereocenters. The van der Waals surface area contributed by atoms with Crippen LogP contribution in [-0.4, -0.2) is 37.8 Å². The van der Waals surface area contributed by atoms with Crippen molar-refractivity contribution in [3.8, 4) is 17.0 Å². The first-order valence-corrected chi connectivity index (χ1v) is 9.04. The van der Waals surface area contributed by atoms with E-state index in [1.54, 1.807) is 13.2 Å². The van der Waals surface area contributed by atoms with Crippen LogP contribution in [-0.2, 0) is 4.74 Å². The van der Waals surface area contributed by atoms with E-state index in [2.05, 4.69) is 36.5 Å². The molecule has 0 aliphatic carbocycles. The van der Waals surface area contributed by atoms with Gasteiger partial charge < -0.3 is 14.8 Å². The van der Waals surface area contributed by atoms with E-state index in [4.69, 9.17) is 14.5 Å². The minimum atomic E-state index is -0.140. The molecule has 0 saturated heterocycles. The monoisotopic (exact) mass is 364 g/mol. The molecule has 5 nitrogen and oxygen atoms in total. The van der Waals surface area contributed by atoms with Gasteiger partial charge in [0.2, 0.25) is 0 Å². The van der Waals surface area contributed by atoms with Gasteiger partial charge in [0.05, 0.1) is 24.4 Å². The number of hydrogen-bond acceptors (Lipinski definition) is 4. The van der Waals surface area contributed by atoms with Crippen molar-refractivity contribution in [2.45, 2.75) is 13.8 Å². The number of fused-ring (bicyclic) bond motifs is 1. The van der Waals surface area contributed by atoms with Crippen LogP contribution in [0.15, 0.2) is 48.5 Å². The molecule has 27 heavy (non-hydrogen) atoms. The molecule has 1 N–H and O–H groups in total. The number of nitrogens with zero attached hydrogens (tertiary/aromatic N) is 1. The lowest BCUT2D eigenvalue weighted by Gasteiger charge is -2.12. The topological polar surface area (TPSA) is 60.5 Å². The maximum absolute atomic E-state index is 12.3. The molecular formula is C22H24N2O3. The van der Waals surface area contributed by atoms with E-state index < -0.39 is 0 Å². The quantitative estimate of drug-likeness (QED) is 0.644. The van der Waals surface area contributed by atoms with Crippen LogP contribution in [0.25, 0.3) is 22.2 Å². The van der Waals surface area contributed by atoms with E-state index in [9.17, 15) is 4.79 Å². The van der Waals surface area contributed by atoms with Crippen LogP contribution in [0.2, 0.25) is 0 Å². The summed E-state index contributed by atoms with van der Waals surface area (Å²) in [6, 6.07) is 15.6. The molecule has 0 aliphatic rings. The number of carbonyl (C=O) groups is 1. The lowest BCUT2D eigenvalue weighted by molar-refractivity contribution is 0.0937. The molecule has 1 amide bonds. The first kappa shape index (κ1) is 18.9. The summed E-state index contributed by atoms with van der Waals surface area (Å²) in [5.74, 6) is 0.587. The first-order valence-electron chi connectivity index (χ1n) is 9.04. The van der Waals surface area contributed by atoms with E-state index in [0.29, 0.717) is 25.3 Å². The van der Waals surface area contributed by atoms with Crippen molar-refractivity contribution in [1.29, 1.82) is 0 Å². The van der Waals surface area contributed by atoms with Gasteiger partial charge in [-0.2, -0.15) is 0 Å². The van der Waals surface area contributed by atoms with E-state index >= 15 is 0 Å². The molecule has 0 saturated carbocycles. The summed E-state index contributed by atoms with van der Waals surface area (Å²) in [6.45, 7) is 5.49. The average molecular weight is 364 g/mol. The molecule has 140 valence electrons. The number of aromatic nitrogens is 1. The number of pyridine rings is 1. The highest BCUT2D eigenvalue weighted by Gasteiger charge is 2.12. The highest BCUT2D eigenvalue weighted by atomic mass is 16.5. The van der Waals surface area contributed by atoms with Crippen LogP contribution < -0.4 is 10.1 Å². The Hall–Kier alpha value is -2.92. The molecule has 3 aromatic rings. The van der Waals surface area contributed by atoms with Crippen LogP contribution in [0.3, 0.4) is 0 Å². The van der Waals surface area contributed by atoms with Crippen molar-refractivity contribution in [2.75, 3.05) is 26.9 Å². The molecule has 5 heteroatoms. The molecule has 3 rings (SSSR count). The van der Waals surface area contributed by atoms with Gasteiger partial charge in [-0.25, -0.2) is 4.98 Å². The number of hydrogen-bond donors (Lipinski definition) is 1. The highest BCUT2D eigenvalue weighted by molar-refractivity contribution is 5.99. The number of carbonyl (C=O) groups excluding carboxylic acids is 1. The van der Waals surface area contributed by atoms with Gasteiger partial charge in [-0.3, -0.25) is 4.79 Å². The van der Waals surface area contributed by atoms with Gasteiger partial charge in [-0.05, 0) is 32.0 Å². The number of amides is 1. The summed E-state index contributed by atoms with van der Waals surface area (Å²) < 4.78 is 10.8. The van der Waals surface area contributed by atoms with Gasteiger partial charge in [0.15, 0.2) is 0 Å². The molecule has 0 bridgehead atoms. The number of methoxy groups -OCH3 is 1. The number of benzene rings is 2. The maximum Gasteiger partial charge on any atom is 0.251 e. The van der Waals surface area contributed by atoms with E-state index in [0.717, 1.165) is 27.9 Å². The number of rotatable bonds is 7. The fraction of sp³-hybridized carbons (Fsp3) is 0.273. The zero-order chi connectivity index (χ0) is 19.2. The maximum atomic E-state index is 12.3. The van der Waals surface area contributed by atoms with Crippen molar-refractivity contribution in [1.82, 2.24) is 10.3 Å². The Morgan fingerprint density at radius 1 is 1.11 bits per heavy atom. The van der Waals surface area contributed by atoms with Gasteiger partial charge in [-0.1, -0.05) is 29.8 Å². The fourth-order valence-corrected chi connectivity index (χ4v) is 2.85. The Balaban J connectivity index is 2.00. The Kier molecular flexibility index (Phi) is 6.04. The molecule has 0 fully saturated rings. The predicted molar refractivity (Wildman–Crippen MR) is 107 cm³/mol. The first-order chi connectivity index (χ1) is 13.1. The van der Waals surface area contributed by atoms with Crippen LogP contribution in [0.5, 0.6) is 5.75 Å². The van der Waals surface area contributed by atoms with Crippen LogP contribution >= 0.6 is 0 Å². The average Bonchev–Trinajstić information content (AvgIpc) is 2.68. The Labute approximate surface area is 159 Å². The van der Waals surface area contributed by atoms with E-state index in [1.807, 2.05) is 25.1 Å². The Morgan fingerprint density at radius 3 is 2.59 bits per heavy atom. The lowest BCUT2D eigenvalue weighted by atomic mass is 10.1. The summed E-state index contributed by atoms with van der Waals surface area (Å²) in [4.78, 5) is 17.1. The molecule has 0 atom stereocenters. The van der Waals surface area contributed by atoms with Crippen LogP contribution in [0.1, 0.15) is 22.8 Å². The summed E-state index contributed by atoms with van der Waals surface area (Å²) in [5, 5.41) is 3.66. The number of nitrogens with one attached hydrogen (secondary N) is 1. The highest BCUT2D eigenvalue weighted by Crippen LogP contribution is 2.31. The third-order valence-corrected chi connectivity index (χ3v) is 4.27. The zero-order valence-electron chi connectivity index (χ0n) is 15.9. The van der Waals surface area contributed by atoms with Crippen molar-refractivity contribution < 1.29 is 14.3 Å². The second-order valence-corrected chi connectivity index (χ2v) is 6.29. The summed E-state index contributed by atoms with van der Waals surface area (Å²) >= 11 is 0. The summed E-state index contributed by atoms with van der Waals surface area (Å²) in [7, 11) is 1.61. The molecule has 0 radical (unpaired) electrons. The van der Waals surface area contributed by atoms with Gasteiger partial charge in [0.1, 0.15) is 5.75 Å². The smallest absolute Gasteiger partial charge is 0.251 e. The SMILES string of the molecule is CCOc1cc(-c2ccc(C)cc2)nc2ccc(C(=O)NCCOC)cc12. The second kappa shape index (κ2) is 8.64. The van der Waals surface area contributed by atoms with Crippen molar-refractivity contribution in [2.24, 2.45) is 0 Å². The fourth-order valence-electron chi connectivity index (χ4n) is 2.85. The van der Waals surface area contributed by atoms with Crippen molar-refractivity contribution in [3.05, 3.63) is 59.7 Å². The second-order valence-electron chi connectivity index (χ2n) is 6.29. The molecule has 0 spiro atoms. The third kappa shape index (κ3) is 4.44. The Morgan fingerprint density at radius 2 is 1.89 bits per heavy atom. The standard InChI is InChI=1S/C22H24N2O3/c1-4-27-21-14-20(16-7-5-15(2)6-8-16)24-19-10-9-17(13-18(19)21)22(25)23-11-12-26-3/h5-10,13-14H,4,11-12H2,1-3H3,(H,23,25). The van der Waals surface area contributed by atoms with Gasteiger partial charge >= 0.3 is 0 Å². The van der Waals surface area contributed by atoms with Gasteiger partial charge in [0.25, 0.3) is 5.91 Å². The van der Waals surface area contributed by atoms with Crippen molar-refractivity contribution >= 4 is 16.8 Å². The summed E-state index contributed by atoms with van der Waals surface area (Å²) in [5.41, 5.74) is 4.45. The van der Waals surface area contributed by atoms with E-state index in [-0.39, 0.29) is 5.91 Å². The summed E-state index contributed by atoms with van der Waals surface area (Å²) in [6.07, 6.45) is 0. The number of ether oxygens (including phenoxy) is 2. The van der Waals surface area contributed by atoms with Crippen LogP contribution in [0.4, 0.5) is 0 Å². The molecule has 2 aromatic carbocycles. The molecule has 1 aromatic heterocycles. The molecular weight excluding hydrogens is 340 g/mol. The largest absolute Gasteiger partial charge is 0.493 e. The minimum absolute atomic E-state index is 0.140. The predicted octanol–water partition coefficient (Wildman–Crippen LogP) is 3.99. The normalized spacial score (nSPS) is 10.8. The van der Waals surface area contributed by atoms with Gasteiger partial charge in [0, 0.05) is 36.2 Å². The van der Waals surface area contributed by atoms with E-state index in [1.165, 1.54) is 5.56 Å². The Bertz CT molecular complexity index is 936. The lowest BCUT2D eigenvalue weighted by Crippen LogP contribution is -2.26. The number of aryl methyl sites for hydroxylation is 1.